The Hall–Kier alpha value is -1.09. The summed E-state index contributed by atoms with van der Waals surface area (Å²) in [6, 6.07) is 6.20. The topological polar surface area (TPSA) is 22.0 Å². The molecule has 1 aliphatic rings. The van der Waals surface area contributed by atoms with Crippen LogP contribution in [0.5, 0.6) is 0 Å². The summed E-state index contributed by atoms with van der Waals surface area (Å²) < 4.78 is 3.10. The minimum atomic E-state index is 0.275. The van der Waals surface area contributed by atoms with E-state index >= 15 is 0 Å². The molecule has 3 rings (SSSR count). The van der Waals surface area contributed by atoms with Crippen LogP contribution in [0.2, 0.25) is 0 Å². The number of Topliss-reactive ketones (excluding diaryl/α,β-unsaturated/α-hetero) is 1. The molecule has 1 aromatic heterocycles. The summed E-state index contributed by atoms with van der Waals surface area (Å²) in [5.41, 5.74) is 3.28. The first-order valence-corrected chi connectivity index (χ1v) is 6.20. The SMILES string of the molecule is CC1CC(=O)c2c1c1cc(Br)ccc1n2C. The summed E-state index contributed by atoms with van der Waals surface area (Å²) in [5.74, 6) is 0.623. The molecule has 1 aromatic carbocycles. The molecule has 0 aliphatic heterocycles. The fourth-order valence-corrected chi connectivity index (χ4v) is 3.12. The lowest BCUT2D eigenvalue weighted by Gasteiger charge is -2.02. The van der Waals surface area contributed by atoms with E-state index in [1.165, 1.54) is 10.9 Å². The first-order valence-electron chi connectivity index (χ1n) is 5.40. The van der Waals surface area contributed by atoms with Crippen molar-refractivity contribution in [3.8, 4) is 0 Å². The van der Waals surface area contributed by atoms with Gasteiger partial charge in [0, 0.05) is 28.8 Å². The van der Waals surface area contributed by atoms with Crippen molar-refractivity contribution in [1.82, 2.24) is 4.57 Å². The van der Waals surface area contributed by atoms with Gasteiger partial charge in [0.05, 0.1) is 5.69 Å². The summed E-state index contributed by atoms with van der Waals surface area (Å²) in [6.07, 6.45) is 0.654. The number of carbonyl (C=O) groups is 1. The maximum Gasteiger partial charge on any atom is 0.180 e. The summed E-state index contributed by atoms with van der Waals surface area (Å²) >= 11 is 3.49. The number of fused-ring (bicyclic) bond motifs is 3. The lowest BCUT2D eigenvalue weighted by molar-refractivity contribution is 0.0983. The minimum Gasteiger partial charge on any atom is -0.341 e. The van der Waals surface area contributed by atoms with Crippen molar-refractivity contribution >= 4 is 32.6 Å². The molecule has 2 aromatic rings. The minimum absolute atomic E-state index is 0.275. The molecular formula is C13H12BrNO. The van der Waals surface area contributed by atoms with Crippen LogP contribution in [0.15, 0.2) is 22.7 Å². The van der Waals surface area contributed by atoms with Crippen molar-refractivity contribution in [3.63, 3.8) is 0 Å². The van der Waals surface area contributed by atoms with Gasteiger partial charge in [-0.3, -0.25) is 4.79 Å². The van der Waals surface area contributed by atoms with E-state index in [-0.39, 0.29) is 5.78 Å². The number of aryl methyl sites for hydroxylation is 1. The highest BCUT2D eigenvalue weighted by Gasteiger charge is 2.32. The highest BCUT2D eigenvalue weighted by atomic mass is 79.9. The van der Waals surface area contributed by atoms with Crippen LogP contribution in [0.4, 0.5) is 0 Å². The number of benzene rings is 1. The van der Waals surface area contributed by atoms with Crippen molar-refractivity contribution in [2.24, 2.45) is 7.05 Å². The Morgan fingerprint density at radius 3 is 2.94 bits per heavy atom. The zero-order valence-corrected chi connectivity index (χ0v) is 10.8. The molecule has 0 amide bonds. The molecular weight excluding hydrogens is 266 g/mol. The van der Waals surface area contributed by atoms with Crippen LogP contribution in [-0.4, -0.2) is 10.4 Å². The Kier molecular flexibility index (Phi) is 2.02. The smallest absolute Gasteiger partial charge is 0.180 e. The van der Waals surface area contributed by atoms with E-state index < -0.39 is 0 Å². The number of aromatic nitrogens is 1. The number of halogens is 1. The molecule has 0 fully saturated rings. The van der Waals surface area contributed by atoms with Gasteiger partial charge in [0.15, 0.2) is 5.78 Å². The molecule has 0 spiro atoms. The van der Waals surface area contributed by atoms with Gasteiger partial charge in [-0.1, -0.05) is 22.9 Å². The third-order valence-corrected chi connectivity index (χ3v) is 3.94. The molecule has 1 atom stereocenters. The summed E-state index contributed by atoms with van der Waals surface area (Å²) in [4.78, 5) is 11.9. The van der Waals surface area contributed by atoms with Crippen LogP contribution in [0.3, 0.4) is 0 Å². The molecule has 0 N–H and O–H groups in total. The zero-order valence-electron chi connectivity index (χ0n) is 9.25. The monoisotopic (exact) mass is 277 g/mol. The number of ketones is 1. The second-order valence-corrected chi connectivity index (χ2v) is 5.43. The number of hydrogen-bond donors (Lipinski definition) is 0. The van der Waals surface area contributed by atoms with Gasteiger partial charge in [0.25, 0.3) is 0 Å². The lowest BCUT2D eigenvalue weighted by Crippen LogP contribution is -2.01. The van der Waals surface area contributed by atoms with E-state index in [0.29, 0.717) is 12.3 Å². The zero-order chi connectivity index (χ0) is 11.4. The molecule has 0 bridgehead atoms. The normalized spacial score (nSPS) is 19.4. The average Bonchev–Trinajstić information content (AvgIpc) is 2.66. The third-order valence-electron chi connectivity index (χ3n) is 3.45. The number of rotatable bonds is 0. The predicted octanol–water partition coefficient (Wildman–Crippen LogP) is 3.63. The number of nitrogens with zero attached hydrogens (tertiary/aromatic N) is 1. The number of hydrogen-bond acceptors (Lipinski definition) is 1. The standard InChI is InChI=1S/C13H12BrNO/c1-7-5-11(16)13-12(7)9-6-8(14)3-4-10(9)15(13)2/h3-4,6-7H,5H2,1-2H3. The van der Waals surface area contributed by atoms with Crippen LogP contribution in [0.1, 0.15) is 35.3 Å². The van der Waals surface area contributed by atoms with Crippen LogP contribution >= 0.6 is 15.9 Å². The number of carbonyl (C=O) groups excluding carboxylic acids is 1. The molecule has 3 heteroatoms. The Labute approximate surface area is 102 Å². The average molecular weight is 278 g/mol. The fraction of sp³-hybridized carbons (Fsp3) is 0.308. The van der Waals surface area contributed by atoms with Gasteiger partial charge in [0.1, 0.15) is 0 Å². The second-order valence-electron chi connectivity index (χ2n) is 4.51. The Morgan fingerprint density at radius 1 is 1.44 bits per heavy atom. The van der Waals surface area contributed by atoms with Gasteiger partial charge in [-0.25, -0.2) is 0 Å². The Bertz CT molecular complexity index is 612. The van der Waals surface area contributed by atoms with Crippen molar-refractivity contribution in [2.45, 2.75) is 19.3 Å². The molecule has 0 saturated carbocycles. The maximum absolute atomic E-state index is 11.9. The molecule has 82 valence electrons. The van der Waals surface area contributed by atoms with E-state index in [4.69, 9.17) is 0 Å². The molecule has 0 saturated heterocycles. The molecule has 1 unspecified atom stereocenters. The van der Waals surface area contributed by atoms with Gasteiger partial charge in [0.2, 0.25) is 0 Å². The van der Waals surface area contributed by atoms with Crippen LogP contribution in [-0.2, 0) is 7.05 Å². The van der Waals surface area contributed by atoms with Crippen LogP contribution in [0, 0.1) is 0 Å². The maximum atomic E-state index is 11.9. The van der Waals surface area contributed by atoms with E-state index in [0.717, 1.165) is 15.7 Å². The summed E-state index contributed by atoms with van der Waals surface area (Å²) in [5, 5.41) is 1.21. The van der Waals surface area contributed by atoms with E-state index in [9.17, 15) is 4.79 Å². The largest absolute Gasteiger partial charge is 0.341 e. The van der Waals surface area contributed by atoms with Gasteiger partial charge < -0.3 is 4.57 Å². The highest BCUT2D eigenvalue weighted by molar-refractivity contribution is 9.10. The van der Waals surface area contributed by atoms with Crippen molar-refractivity contribution in [1.29, 1.82) is 0 Å². The summed E-state index contributed by atoms with van der Waals surface area (Å²) in [7, 11) is 1.98. The van der Waals surface area contributed by atoms with Crippen molar-refractivity contribution in [3.05, 3.63) is 33.9 Å². The van der Waals surface area contributed by atoms with Crippen molar-refractivity contribution in [2.75, 3.05) is 0 Å². The fourth-order valence-electron chi connectivity index (χ4n) is 2.76. The first-order chi connectivity index (χ1) is 7.59. The molecule has 0 radical (unpaired) electrons. The van der Waals surface area contributed by atoms with E-state index in [2.05, 4.69) is 35.0 Å². The predicted molar refractivity (Wildman–Crippen MR) is 68.0 cm³/mol. The Balaban J connectivity index is 2.48. The van der Waals surface area contributed by atoms with Gasteiger partial charge in [-0.15, -0.1) is 0 Å². The van der Waals surface area contributed by atoms with Gasteiger partial charge >= 0.3 is 0 Å². The second kappa shape index (κ2) is 3.20. The third kappa shape index (κ3) is 1.15. The van der Waals surface area contributed by atoms with Gasteiger partial charge in [-0.05, 0) is 29.7 Å². The lowest BCUT2D eigenvalue weighted by atomic mass is 10.0. The Morgan fingerprint density at radius 2 is 2.19 bits per heavy atom. The molecule has 2 nitrogen and oxygen atoms in total. The van der Waals surface area contributed by atoms with Crippen LogP contribution in [0.25, 0.3) is 10.9 Å². The molecule has 16 heavy (non-hydrogen) atoms. The first kappa shape index (κ1) is 10.1. The van der Waals surface area contributed by atoms with E-state index in [1.807, 2.05) is 17.7 Å². The summed E-state index contributed by atoms with van der Waals surface area (Å²) in [6.45, 7) is 2.13. The molecule has 1 aliphatic carbocycles. The van der Waals surface area contributed by atoms with Crippen molar-refractivity contribution < 1.29 is 4.79 Å². The quantitative estimate of drug-likeness (QED) is 0.721. The molecule has 1 heterocycles. The highest BCUT2D eigenvalue weighted by Crippen LogP contribution is 2.40. The van der Waals surface area contributed by atoms with Gasteiger partial charge in [-0.2, -0.15) is 0 Å². The van der Waals surface area contributed by atoms with E-state index in [1.54, 1.807) is 0 Å². The van der Waals surface area contributed by atoms with Crippen LogP contribution < -0.4 is 0 Å².